The number of benzene rings is 12. The highest BCUT2D eigenvalue weighted by Crippen LogP contribution is 2.39. The van der Waals surface area contributed by atoms with Gasteiger partial charge in [-0.1, -0.05) is 231 Å². The summed E-state index contributed by atoms with van der Waals surface area (Å²) < 4.78 is 0. The van der Waals surface area contributed by atoms with Gasteiger partial charge in [0.15, 0.2) is 0 Å². The Morgan fingerprint density at radius 1 is 0.164 bits per heavy atom. The lowest BCUT2D eigenvalue weighted by molar-refractivity contribution is 1.46. The van der Waals surface area contributed by atoms with Crippen molar-refractivity contribution in [2.75, 3.05) is 0 Å². The molecular formula is C67H46. The van der Waals surface area contributed by atoms with Crippen molar-refractivity contribution in [3.8, 4) is 89.0 Å². The molecule has 0 spiro atoms. The molecule has 0 bridgehead atoms. The fourth-order valence-corrected chi connectivity index (χ4v) is 10.1. The molecule has 0 fully saturated rings. The summed E-state index contributed by atoms with van der Waals surface area (Å²) in [6, 6.07) is 95.6. The average molecular weight is 851 g/mol. The van der Waals surface area contributed by atoms with E-state index in [9.17, 15) is 0 Å². The van der Waals surface area contributed by atoms with Crippen LogP contribution in [0, 0.1) is 6.92 Å². The van der Waals surface area contributed by atoms with Gasteiger partial charge in [-0.2, -0.15) is 0 Å². The molecule has 314 valence electrons. The number of rotatable bonds is 8. The molecule has 0 heteroatoms. The van der Waals surface area contributed by atoms with E-state index in [2.05, 4.69) is 268 Å². The topological polar surface area (TPSA) is 0 Å². The van der Waals surface area contributed by atoms with E-state index in [4.69, 9.17) is 0 Å². The predicted molar refractivity (Wildman–Crippen MR) is 287 cm³/mol. The summed E-state index contributed by atoms with van der Waals surface area (Å²) in [5.74, 6) is 0. The Bertz CT molecular complexity index is 3750. The third-order valence-electron chi connectivity index (χ3n) is 13.6. The van der Waals surface area contributed by atoms with E-state index in [1.165, 1.54) is 127 Å². The molecule has 12 aromatic rings. The van der Waals surface area contributed by atoms with Crippen molar-refractivity contribution < 1.29 is 0 Å². The molecule has 0 radical (unpaired) electrons. The first-order chi connectivity index (χ1) is 33.1. The minimum atomic E-state index is 1.20. The molecule has 0 nitrogen and oxygen atoms in total. The van der Waals surface area contributed by atoms with Crippen molar-refractivity contribution in [1.82, 2.24) is 0 Å². The maximum Gasteiger partial charge on any atom is -0.00928 e. The minimum Gasteiger partial charge on any atom is -0.0622 e. The van der Waals surface area contributed by atoms with Gasteiger partial charge in [-0.15, -0.1) is 0 Å². The third kappa shape index (κ3) is 7.69. The zero-order valence-electron chi connectivity index (χ0n) is 37.3. The van der Waals surface area contributed by atoms with E-state index >= 15 is 0 Å². The highest BCUT2D eigenvalue weighted by Gasteiger charge is 2.13. The smallest absolute Gasteiger partial charge is 0.00928 e. The normalized spacial score (nSPS) is 11.4. The van der Waals surface area contributed by atoms with Gasteiger partial charge in [-0.05, 0) is 164 Å². The number of aryl methyl sites for hydroxylation is 1. The van der Waals surface area contributed by atoms with Crippen molar-refractivity contribution in [3.05, 3.63) is 266 Å². The van der Waals surface area contributed by atoms with Crippen LogP contribution in [0.5, 0.6) is 0 Å². The molecule has 67 heavy (non-hydrogen) atoms. The van der Waals surface area contributed by atoms with Gasteiger partial charge < -0.3 is 0 Å². The van der Waals surface area contributed by atoms with Gasteiger partial charge in [0, 0.05) is 0 Å². The first kappa shape index (κ1) is 40.0. The molecular weight excluding hydrogens is 805 g/mol. The summed E-state index contributed by atoms with van der Waals surface area (Å²) in [7, 11) is 0. The predicted octanol–water partition coefficient (Wildman–Crippen LogP) is 18.8. The SMILES string of the molecule is Cc1cc(-c2cccc(-c3cccc(-c4ccc(-c5cccc(-c6cccc(-c7ccc(-c8ccccc8)cc7)c6)c5)cc4)c3)c2)ccc1-c1ccc2c3ccccc3c3ccccc3c2c1. The van der Waals surface area contributed by atoms with Crippen molar-refractivity contribution in [1.29, 1.82) is 0 Å². The fraction of sp³-hybridized carbons (Fsp3) is 0.0149. The minimum absolute atomic E-state index is 1.20. The lowest BCUT2D eigenvalue weighted by Gasteiger charge is -2.14. The van der Waals surface area contributed by atoms with Crippen LogP contribution in [-0.4, -0.2) is 0 Å². The molecule has 0 aliphatic rings. The molecule has 0 atom stereocenters. The maximum atomic E-state index is 2.39. The molecule has 0 aliphatic carbocycles. The van der Waals surface area contributed by atoms with Crippen LogP contribution in [0.15, 0.2) is 261 Å². The van der Waals surface area contributed by atoms with Gasteiger partial charge in [0.25, 0.3) is 0 Å². The lowest BCUT2D eigenvalue weighted by Crippen LogP contribution is -1.88. The van der Waals surface area contributed by atoms with Crippen molar-refractivity contribution in [2.24, 2.45) is 0 Å². The number of hydrogen-bond acceptors (Lipinski definition) is 0. The second-order valence-corrected chi connectivity index (χ2v) is 17.7. The van der Waals surface area contributed by atoms with Gasteiger partial charge in [0.2, 0.25) is 0 Å². The van der Waals surface area contributed by atoms with Crippen LogP contribution in [-0.2, 0) is 0 Å². The van der Waals surface area contributed by atoms with Crippen LogP contribution >= 0.6 is 0 Å². The summed E-state index contributed by atoms with van der Waals surface area (Å²) in [6.45, 7) is 2.24. The van der Waals surface area contributed by atoms with Gasteiger partial charge >= 0.3 is 0 Å². The van der Waals surface area contributed by atoms with Gasteiger partial charge in [0.05, 0.1) is 0 Å². The molecule has 0 amide bonds. The number of fused-ring (bicyclic) bond motifs is 6. The fourth-order valence-electron chi connectivity index (χ4n) is 10.1. The first-order valence-electron chi connectivity index (χ1n) is 23.2. The maximum absolute atomic E-state index is 2.39. The van der Waals surface area contributed by atoms with Gasteiger partial charge in [0.1, 0.15) is 0 Å². The molecule has 0 saturated carbocycles. The molecule has 12 rings (SSSR count). The molecule has 0 aliphatic heterocycles. The van der Waals surface area contributed by atoms with Crippen molar-refractivity contribution >= 4 is 32.3 Å². The summed E-state index contributed by atoms with van der Waals surface area (Å²) in [6.07, 6.45) is 0. The monoisotopic (exact) mass is 850 g/mol. The van der Waals surface area contributed by atoms with E-state index in [1.807, 2.05) is 0 Å². The summed E-state index contributed by atoms with van der Waals surface area (Å²) in [4.78, 5) is 0. The standard InChI is InChI=1S/C67H46/c1-45-39-59(35-37-61(45)60-36-38-66-64-25-6-5-23-62(64)63-24-7-8-26-65(63)67(66)44-60)58-22-12-21-57(43-58)56-20-11-17-53(42-56)50-33-31-49(32-34-50)52-16-10-19-55(41-52)54-18-9-15-51(40-54)48-29-27-47(28-30-48)46-13-3-2-4-14-46/h2-44H,1H3. The third-order valence-corrected chi connectivity index (χ3v) is 13.6. The Kier molecular flexibility index (Phi) is 10.2. The second-order valence-electron chi connectivity index (χ2n) is 17.7. The Labute approximate surface area is 392 Å². The van der Waals surface area contributed by atoms with Gasteiger partial charge in [-0.25, -0.2) is 0 Å². The van der Waals surface area contributed by atoms with E-state index in [-0.39, 0.29) is 0 Å². The van der Waals surface area contributed by atoms with E-state index < -0.39 is 0 Å². The van der Waals surface area contributed by atoms with E-state index in [1.54, 1.807) is 0 Å². The Morgan fingerprint density at radius 2 is 0.433 bits per heavy atom. The highest BCUT2D eigenvalue weighted by atomic mass is 14.2. The zero-order valence-corrected chi connectivity index (χ0v) is 37.3. The molecule has 0 N–H and O–H groups in total. The molecule has 12 aromatic carbocycles. The highest BCUT2D eigenvalue weighted by molar-refractivity contribution is 6.25. The Balaban J connectivity index is 0.777. The Hall–Kier alpha value is -8.58. The molecule has 0 unspecified atom stereocenters. The average Bonchev–Trinajstić information content (AvgIpc) is 3.41. The van der Waals surface area contributed by atoms with Crippen molar-refractivity contribution in [3.63, 3.8) is 0 Å². The Morgan fingerprint density at radius 3 is 0.836 bits per heavy atom. The van der Waals surface area contributed by atoms with Crippen LogP contribution in [0.1, 0.15) is 5.56 Å². The van der Waals surface area contributed by atoms with E-state index in [0.29, 0.717) is 0 Å². The second kappa shape index (κ2) is 17.1. The van der Waals surface area contributed by atoms with Crippen LogP contribution in [0.3, 0.4) is 0 Å². The first-order valence-corrected chi connectivity index (χ1v) is 23.2. The summed E-state index contributed by atoms with van der Waals surface area (Å²) in [5.41, 5.74) is 20.7. The summed E-state index contributed by atoms with van der Waals surface area (Å²) in [5, 5.41) is 7.80. The molecule has 0 saturated heterocycles. The van der Waals surface area contributed by atoms with Crippen molar-refractivity contribution in [2.45, 2.75) is 6.92 Å². The van der Waals surface area contributed by atoms with Crippen LogP contribution in [0.25, 0.3) is 121 Å². The van der Waals surface area contributed by atoms with Crippen LogP contribution in [0.4, 0.5) is 0 Å². The largest absolute Gasteiger partial charge is 0.0622 e. The molecule has 0 heterocycles. The van der Waals surface area contributed by atoms with E-state index in [0.717, 1.165) is 0 Å². The molecule has 0 aromatic heterocycles. The van der Waals surface area contributed by atoms with Crippen LogP contribution in [0.2, 0.25) is 0 Å². The quantitative estimate of drug-likeness (QED) is 0.134. The number of hydrogen-bond donors (Lipinski definition) is 0. The zero-order chi connectivity index (χ0) is 44.7. The van der Waals surface area contributed by atoms with Gasteiger partial charge in [-0.3, -0.25) is 0 Å². The lowest BCUT2D eigenvalue weighted by atomic mass is 9.90. The van der Waals surface area contributed by atoms with Crippen LogP contribution < -0.4 is 0 Å². The summed E-state index contributed by atoms with van der Waals surface area (Å²) >= 11 is 0.